The Morgan fingerprint density at radius 1 is 0.696 bits per heavy atom. The highest BCUT2D eigenvalue weighted by atomic mass is 16.5. The van der Waals surface area contributed by atoms with Crippen molar-refractivity contribution in [3.63, 3.8) is 0 Å². The first-order valence-corrected chi connectivity index (χ1v) is 9.80. The van der Waals surface area contributed by atoms with Gasteiger partial charge in [-0.15, -0.1) is 0 Å². The second-order valence-electron chi connectivity index (χ2n) is 6.76. The summed E-state index contributed by atoms with van der Waals surface area (Å²) in [5.41, 5.74) is 0. The van der Waals surface area contributed by atoms with Gasteiger partial charge in [-0.05, 0) is 19.8 Å². The van der Waals surface area contributed by atoms with E-state index in [0.717, 1.165) is 12.8 Å². The molecule has 1 atom stereocenters. The van der Waals surface area contributed by atoms with E-state index in [1.165, 1.54) is 84.2 Å². The van der Waals surface area contributed by atoms with Gasteiger partial charge in [-0.25, -0.2) is 0 Å². The molecule has 3 nitrogen and oxygen atoms in total. The molecule has 0 rings (SSSR count). The fraction of sp³-hybridized carbons (Fsp3) is 0.950. The van der Waals surface area contributed by atoms with Crippen LogP contribution < -0.4 is 0 Å². The Bertz CT molecular complexity index is 253. The van der Waals surface area contributed by atoms with Gasteiger partial charge in [0.2, 0.25) is 0 Å². The van der Waals surface area contributed by atoms with Crippen LogP contribution in [0.5, 0.6) is 0 Å². The van der Waals surface area contributed by atoms with Crippen molar-refractivity contribution in [1.82, 2.24) is 0 Å². The van der Waals surface area contributed by atoms with Gasteiger partial charge < -0.3 is 9.47 Å². The lowest BCUT2D eigenvalue weighted by Gasteiger charge is -2.08. The molecule has 0 aromatic carbocycles. The molecule has 1 unspecified atom stereocenters. The van der Waals surface area contributed by atoms with Crippen LogP contribution >= 0.6 is 0 Å². The summed E-state index contributed by atoms with van der Waals surface area (Å²) >= 11 is 0. The number of ether oxygens (including phenoxy) is 2. The van der Waals surface area contributed by atoms with Crippen LogP contribution in [0.4, 0.5) is 0 Å². The first kappa shape index (κ1) is 22.4. The van der Waals surface area contributed by atoms with Crippen LogP contribution in [-0.2, 0) is 14.3 Å². The highest BCUT2D eigenvalue weighted by molar-refractivity contribution is 5.68. The molecule has 0 aromatic rings. The van der Waals surface area contributed by atoms with Gasteiger partial charge in [0.05, 0.1) is 13.2 Å². The maximum Gasteiger partial charge on any atom is 0.305 e. The fourth-order valence-corrected chi connectivity index (χ4v) is 2.87. The van der Waals surface area contributed by atoms with Crippen LogP contribution in [0.1, 0.15) is 103 Å². The maximum atomic E-state index is 10.9. The van der Waals surface area contributed by atoms with Crippen molar-refractivity contribution in [1.29, 1.82) is 0 Å². The summed E-state index contributed by atoms with van der Waals surface area (Å²) in [7, 11) is 3.26. The maximum absolute atomic E-state index is 10.9. The second kappa shape index (κ2) is 17.8. The molecule has 0 saturated heterocycles. The Morgan fingerprint density at radius 2 is 1.09 bits per heavy atom. The van der Waals surface area contributed by atoms with Gasteiger partial charge in [0.25, 0.3) is 0 Å². The van der Waals surface area contributed by atoms with Crippen molar-refractivity contribution >= 4 is 5.97 Å². The highest BCUT2D eigenvalue weighted by Gasteiger charge is 2.00. The molecule has 138 valence electrons. The average Bonchev–Trinajstić information content (AvgIpc) is 2.57. The summed E-state index contributed by atoms with van der Waals surface area (Å²) in [6, 6.07) is 0. The van der Waals surface area contributed by atoms with E-state index in [1.807, 2.05) is 0 Å². The molecular formula is C20H40O3. The predicted molar refractivity (Wildman–Crippen MR) is 97.7 cm³/mol. The van der Waals surface area contributed by atoms with Crippen molar-refractivity contribution in [2.45, 2.75) is 109 Å². The van der Waals surface area contributed by atoms with E-state index in [1.54, 1.807) is 7.11 Å². The number of rotatable bonds is 17. The quantitative estimate of drug-likeness (QED) is 0.241. The zero-order chi connectivity index (χ0) is 17.2. The number of carbonyl (C=O) groups is 1. The van der Waals surface area contributed by atoms with Gasteiger partial charge in [0.15, 0.2) is 0 Å². The summed E-state index contributed by atoms with van der Waals surface area (Å²) in [6.45, 7) is 2.15. The summed E-state index contributed by atoms with van der Waals surface area (Å²) in [5.74, 6) is -0.0711. The summed E-state index contributed by atoms with van der Waals surface area (Å²) < 4.78 is 9.89. The first-order chi connectivity index (χ1) is 11.2. The fourth-order valence-electron chi connectivity index (χ4n) is 2.87. The van der Waals surface area contributed by atoms with Gasteiger partial charge in [-0.1, -0.05) is 77.0 Å². The summed E-state index contributed by atoms with van der Waals surface area (Å²) in [5, 5.41) is 0. The lowest BCUT2D eigenvalue weighted by Crippen LogP contribution is -2.03. The normalized spacial score (nSPS) is 12.3. The lowest BCUT2D eigenvalue weighted by molar-refractivity contribution is -0.140. The number of hydrogen-bond acceptors (Lipinski definition) is 3. The summed E-state index contributed by atoms with van der Waals surface area (Å²) in [4.78, 5) is 10.9. The minimum atomic E-state index is -0.0711. The SMILES string of the molecule is COC(=O)CCCCCCCCCCCCCCCC(C)OC. The molecule has 0 aliphatic heterocycles. The number of methoxy groups -OCH3 is 2. The minimum absolute atomic E-state index is 0.0711. The third kappa shape index (κ3) is 17.6. The van der Waals surface area contributed by atoms with Crippen molar-refractivity contribution in [3.8, 4) is 0 Å². The number of carbonyl (C=O) groups excluding carboxylic acids is 1. The summed E-state index contributed by atoms with van der Waals surface area (Å²) in [6.07, 6.45) is 19.3. The van der Waals surface area contributed by atoms with E-state index >= 15 is 0 Å². The zero-order valence-electron chi connectivity index (χ0n) is 15.9. The van der Waals surface area contributed by atoms with Crippen LogP contribution in [0, 0.1) is 0 Å². The molecule has 0 radical (unpaired) electrons. The zero-order valence-corrected chi connectivity index (χ0v) is 15.9. The van der Waals surface area contributed by atoms with E-state index in [0.29, 0.717) is 12.5 Å². The number of hydrogen-bond donors (Lipinski definition) is 0. The predicted octanol–water partition coefficient (Wildman–Crippen LogP) is 6.05. The molecule has 23 heavy (non-hydrogen) atoms. The Morgan fingerprint density at radius 3 is 1.48 bits per heavy atom. The standard InChI is InChI=1S/C20H40O3/c1-19(22-2)17-15-13-11-9-7-5-4-6-8-10-12-14-16-18-20(21)23-3/h19H,4-18H2,1-3H3. The largest absolute Gasteiger partial charge is 0.469 e. The van der Waals surface area contributed by atoms with Gasteiger partial charge in [0.1, 0.15) is 0 Å². The Hall–Kier alpha value is -0.570. The molecular weight excluding hydrogens is 288 g/mol. The molecule has 0 aliphatic rings. The van der Waals surface area contributed by atoms with Crippen LogP contribution in [-0.4, -0.2) is 26.3 Å². The molecule has 0 spiro atoms. The Labute approximate surface area is 144 Å². The van der Waals surface area contributed by atoms with Crippen molar-refractivity contribution in [2.24, 2.45) is 0 Å². The topological polar surface area (TPSA) is 35.5 Å². The van der Waals surface area contributed by atoms with E-state index < -0.39 is 0 Å². The van der Waals surface area contributed by atoms with E-state index in [4.69, 9.17) is 4.74 Å². The molecule has 0 aliphatic carbocycles. The first-order valence-electron chi connectivity index (χ1n) is 9.80. The Balaban J connectivity index is 3.04. The third-order valence-corrected chi connectivity index (χ3v) is 4.62. The van der Waals surface area contributed by atoms with E-state index in [9.17, 15) is 4.79 Å². The molecule has 0 N–H and O–H groups in total. The molecule has 0 aromatic heterocycles. The third-order valence-electron chi connectivity index (χ3n) is 4.62. The van der Waals surface area contributed by atoms with Crippen molar-refractivity contribution in [3.05, 3.63) is 0 Å². The molecule has 3 heteroatoms. The van der Waals surface area contributed by atoms with Crippen LogP contribution in [0.2, 0.25) is 0 Å². The Kier molecular flexibility index (Phi) is 17.3. The van der Waals surface area contributed by atoms with Crippen LogP contribution in [0.15, 0.2) is 0 Å². The minimum Gasteiger partial charge on any atom is -0.469 e. The second-order valence-corrected chi connectivity index (χ2v) is 6.76. The highest BCUT2D eigenvalue weighted by Crippen LogP contribution is 2.14. The van der Waals surface area contributed by atoms with Gasteiger partial charge in [0, 0.05) is 13.5 Å². The van der Waals surface area contributed by atoms with Gasteiger partial charge >= 0.3 is 5.97 Å². The molecule has 0 fully saturated rings. The molecule has 0 heterocycles. The van der Waals surface area contributed by atoms with E-state index in [-0.39, 0.29) is 5.97 Å². The van der Waals surface area contributed by atoms with Crippen molar-refractivity contribution in [2.75, 3.05) is 14.2 Å². The molecule has 0 bridgehead atoms. The van der Waals surface area contributed by atoms with Gasteiger partial charge in [-0.2, -0.15) is 0 Å². The van der Waals surface area contributed by atoms with Crippen molar-refractivity contribution < 1.29 is 14.3 Å². The van der Waals surface area contributed by atoms with Gasteiger partial charge in [-0.3, -0.25) is 4.79 Å². The average molecular weight is 329 g/mol. The monoisotopic (exact) mass is 328 g/mol. The molecule has 0 amide bonds. The number of esters is 1. The lowest BCUT2D eigenvalue weighted by atomic mass is 10.0. The van der Waals surface area contributed by atoms with E-state index in [2.05, 4.69) is 11.7 Å². The number of unbranched alkanes of at least 4 members (excludes halogenated alkanes) is 12. The van der Waals surface area contributed by atoms with Crippen LogP contribution in [0.25, 0.3) is 0 Å². The van der Waals surface area contributed by atoms with Crippen LogP contribution in [0.3, 0.4) is 0 Å². The molecule has 0 saturated carbocycles. The smallest absolute Gasteiger partial charge is 0.305 e.